The van der Waals surface area contributed by atoms with Crippen LogP contribution in [-0.2, 0) is 5.75 Å². The zero-order valence-electron chi connectivity index (χ0n) is 13.4. The fraction of sp³-hybridized carbons (Fsp3) is 0.250. The molecule has 7 nitrogen and oxygen atoms in total. The summed E-state index contributed by atoms with van der Waals surface area (Å²) >= 11 is 1.40. The van der Waals surface area contributed by atoms with Gasteiger partial charge in [-0.2, -0.15) is 9.97 Å². The molecule has 2 aromatic heterocycles. The molecule has 124 valence electrons. The number of hydrogen-bond acceptors (Lipinski definition) is 8. The Bertz CT molecular complexity index is 817. The quantitative estimate of drug-likeness (QED) is 0.681. The predicted molar refractivity (Wildman–Crippen MR) is 91.6 cm³/mol. The molecular weight excluding hydrogens is 326 g/mol. The summed E-state index contributed by atoms with van der Waals surface area (Å²) in [5.41, 5.74) is 6.54. The molecule has 0 amide bonds. The van der Waals surface area contributed by atoms with E-state index < -0.39 is 0 Å². The molecule has 3 rings (SSSR count). The molecule has 2 heterocycles. The number of hydrogen-bond donors (Lipinski definition) is 1. The second kappa shape index (κ2) is 7.31. The molecule has 0 aliphatic heterocycles. The summed E-state index contributed by atoms with van der Waals surface area (Å²) < 4.78 is 11.3. The highest BCUT2D eigenvalue weighted by Crippen LogP contribution is 2.27. The molecule has 0 radical (unpaired) electrons. The van der Waals surface area contributed by atoms with Gasteiger partial charge >= 0.3 is 0 Å². The summed E-state index contributed by atoms with van der Waals surface area (Å²) in [6.07, 6.45) is 1.70. The molecule has 0 atom stereocenters. The van der Waals surface area contributed by atoms with Crippen LogP contribution in [0.5, 0.6) is 5.75 Å². The average molecular weight is 343 g/mol. The van der Waals surface area contributed by atoms with Gasteiger partial charge in [-0.3, -0.25) is 0 Å². The number of nitrogen functional groups attached to an aromatic ring is 1. The third kappa shape index (κ3) is 4.02. The number of oxazole rings is 1. The van der Waals surface area contributed by atoms with Crippen LogP contribution in [-0.4, -0.2) is 26.5 Å². The number of aromatic nitrogens is 4. The molecule has 1 aromatic carbocycles. The Morgan fingerprint density at radius 3 is 2.92 bits per heavy atom. The summed E-state index contributed by atoms with van der Waals surface area (Å²) in [5, 5.41) is 0.554. The lowest BCUT2D eigenvalue weighted by Gasteiger charge is -2.03. The molecule has 8 heteroatoms. The molecular formula is C16H17N5O2S. The maximum Gasteiger partial charge on any atom is 0.224 e. The van der Waals surface area contributed by atoms with Gasteiger partial charge in [-0.25, -0.2) is 9.97 Å². The van der Waals surface area contributed by atoms with E-state index in [2.05, 4.69) is 19.9 Å². The third-order valence-corrected chi connectivity index (χ3v) is 3.88. The number of ether oxygens (including phenoxy) is 1. The van der Waals surface area contributed by atoms with Gasteiger partial charge in [0.15, 0.2) is 10.9 Å². The minimum Gasteiger partial charge on any atom is -0.494 e. The van der Waals surface area contributed by atoms with Gasteiger partial charge < -0.3 is 14.9 Å². The van der Waals surface area contributed by atoms with Crippen LogP contribution in [0.2, 0.25) is 0 Å². The lowest BCUT2D eigenvalue weighted by atomic mass is 10.2. The number of thioether (sulfide) groups is 1. The van der Waals surface area contributed by atoms with Gasteiger partial charge in [-0.1, -0.05) is 23.9 Å². The van der Waals surface area contributed by atoms with Gasteiger partial charge in [0.2, 0.25) is 11.8 Å². The van der Waals surface area contributed by atoms with Gasteiger partial charge in [0.25, 0.3) is 0 Å². The highest BCUT2D eigenvalue weighted by Gasteiger charge is 2.10. The first-order valence-corrected chi connectivity index (χ1v) is 8.41. The lowest BCUT2D eigenvalue weighted by Crippen LogP contribution is -2.01. The maximum atomic E-state index is 5.80. The van der Waals surface area contributed by atoms with E-state index >= 15 is 0 Å². The molecule has 0 saturated heterocycles. The summed E-state index contributed by atoms with van der Waals surface area (Å²) in [6.45, 7) is 4.35. The van der Waals surface area contributed by atoms with Crippen molar-refractivity contribution in [1.82, 2.24) is 19.9 Å². The molecule has 0 aliphatic carbocycles. The van der Waals surface area contributed by atoms with Crippen molar-refractivity contribution in [3.8, 4) is 17.1 Å². The molecule has 2 N–H and O–H groups in total. The van der Waals surface area contributed by atoms with E-state index in [0.717, 1.165) is 11.3 Å². The van der Waals surface area contributed by atoms with Crippen molar-refractivity contribution in [2.24, 2.45) is 0 Å². The minimum atomic E-state index is 0.214. The maximum absolute atomic E-state index is 5.80. The number of rotatable bonds is 6. The number of aryl methyl sites for hydroxylation is 1. The second-order valence-electron chi connectivity index (χ2n) is 4.89. The zero-order chi connectivity index (χ0) is 16.9. The summed E-state index contributed by atoms with van der Waals surface area (Å²) in [7, 11) is 0. The van der Waals surface area contributed by atoms with E-state index in [1.54, 1.807) is 13.1 Å². The Kier molecular flexibility index (Phi) is 4.95. The monoisotopic (exact) mass is 343 g/mol. The highest BCUT2D eigenvalue weighted by atomic mass is 32.2. The van der Waals surface area contributed by atoms with E-state index in [4.69, 9.17) is 14.9 Å². The van der Waals surface area contributed by atoms with Crippen molar-refractivity contribution in [2.45, 2.75) is 24.8 Å². The number of benzene rings is 1. The topological polar surface area (TPSA) is 100.0 Å². The first kappa shape index (κ1) is 16.3. The molecule has 0 aliphatic rings. The van der Waals surface area contributed by atoms with Crippen molar-refractivity contribution < 1.29 is 9.15 Å². The van der Waals surface area contributed by atoms with Crippen LogP contribution in [0, 0.1) is 6.92 Å². The molecule has 0 unspecified atom stereocenters. The van der Waals surface area contributed by atoms with Crippen LogP contribution in [0.3, 0.4) is 0 Å². The fourth-order valence-electron chi connectivity index (χ4n) is 2.08. The highest BCUT2D eigenvalue weighted by molar-refractivity contribution is 7.98. The van der Waals surface area contributed by atoms with E-state index in [1.807, 2.05) is 31.2 Å². The molecule has 0 fully saturated rings. The Labute approximate surface area is 143 Å². The van der Waals surface area contributed by atoms with E-state index in [1.165, 1.54) is 11.8 Å². The van der Waals surface area contributed by atoms with Crippen LogP contribution >= 0.6 is 11.8 Å². The average Bonchev–Trinajstić information content (AvgIpc) is 3.02. The standard InChI is InChI=1S/C16H17N5O2S/c1-3-22-12-6-4-5-11(7-12)13-8-18-14(23-13)9-24-16-20-10(2)19-15(17)21-16/h4-8H,3,9H2,1-2H3,(H2,17,19,20,21). The van der Waals surface area contributed by atoms with Crippen LogP contribution in [0.15, 0.2) is 40.0 Å². The molecule has 3 aromatic rings. The lowest BCUT2D eigenvalue weighted by molar-refractivity contribution is 0.340. The molecule has 0 bridgehead atoms. The summed E-state index contributed by atoms with van der Waals surface area (Å²) in [4.78, 5) is 16.5. The summed E-state index contributed by atoms with van der Waals surface area (Å²) in [6, 6.07) is 7.72. The van der Waals surface area contributed by atoms with Crippen LogP contribution in [0.1, 0.15) is 18.6 Å². The fourth-order valence-corrected chi connectivity index (χ4v) is 2.83. The Hall–Kier alpha value is -2.61. The molecule has 0 spiro atoms. The molecule has 24 heavy (non-hydrogen) atoms. The van der Waals surface area contributed by atoms with E-state index in [-0.39, 0.29) is 5.95 Å². The third-order valence-electron chi connectivity index (χ3n) is 3.05. The Morgan fingerprint density at radius 2 is 2.12 bits per heavy atom. The Morgan fingerprint density at radius 1 is 1.25 bits per heavy atom. The smallest absolute Gasteiger partial charge is 0.224 e. The number of anilines is 1. The van der Waals surface area contributed by atoms with Crippen molar-refractivity contribution in [1.29, 1.82) is 0 Å². The number of nitrogens with zero attached hydrogens (tertiary/aromatic N) is 4. The summed E-state index contributed by atoms with van der Waals surface area (Å²) in [5.74, 6) is 3.40. The van der Waals surface area contributed by atoms with Crippen molar-refractivity contribution >= 4 is 17.7 Å². The molecule has 0 saturated carbocycles. The predicted octanol–water partition coefficient (Wildman–Crippen LogP) is 3.11. The van der Waals surface area contributed by atoms with Crippen LogP contribution < -0.4 is 10.5 Å². The van der Waals surface area contributed by atoms with Crippen LogP contribution in [0.25, 0.3) is 11.3 Å². The largest absolute Gasteiger partial charge is 0.494 e. The van der Waals surface area contributed by atoms with Crippen molar-refractivity contribution in [2.75, 3.05) is 12.3 Å². The Balaban J connectivity index is 1.70. The van der Waals surface area contributed by atoms with E-state index in [9.17, 15) is 0 Å². The first-order valence-electron chi connectivity index (χ1n) is 7.43. The van der Waals surface area contributed by atoms with Crippen LogP contribution in [0.4, 0.5) is 5.95 Å². The van der Waals surface area contributed by atoms with Crippen molar-refractivity contribution in [3.63, 3.8) is 0 Å². The number of nitrogens with two attached hydrogens (primary N) is 1. The first-order chi connectivity index (χ1) is 11.6. The zero-order valence-corrected chi connectivity index (χ0v) is 14.2. The normalized spacial score (nSPS) is 10.8. The van der Waals surface area contributed by atoms with Gasteiger partial charge in [-0.05, 0) is 26.0 Å². The van der Waals surface area contributed by atoms with Gasteiger partial charge in [0.1, 0.15) is 11.6 Å². The minimum absolute atomic E-state index is 0.214. The van der Waals surface area contributed by atoms with Gasteiger partial charge in [0, 0.05) is 5.56 Å². The van der Waals surface area contributed by atoms with Gasteiger partial charge in [-0.15, -0.1) is 0 Å². The van der Waals surface area contributed by atoms with Crippen molar-refractivity contribution in [3.05, 3.63) is 42.2 Å². The SMILES string of the molecule is CCOc1cccc(-c2cnc(CSc3nc(C)nc(N)n3)o2)c1. The van der Waals surface area contributed by atoms with Gasteiger partial charge in [0.05, 0.1) is 18.6 Å². The van der Waals surface area contributed by atoms with E-state index in [0.29, 0.717) is 35.0 Å². The second-order valence-corrected chi connectivity index (χ2v) is 5.83.